The second kappa shape index (κ2) is 9.65. The maximum absolute atomic E-state index is 13.7. The van der Waals surface area contributed by atoms with Crippen LogP contribution >= 0.6 is 0 Å². The molecule has 0 saturated heterocycles. The molecule has 0 unspecified atom stereocenters. The molecule has 1 aromatic carbocycles. The molecule has 0 aliphatic heterocycles. The maximum Gasteiger partial charge on any atom is 0.490 e. The topological polar surface area (TPSA) is 97.9 Å². The monoisotopic (exact) mass is 472 g/mol. The average Bonchev–Trinajstić information content (AvgIpc) is 3.36. The van der Waals surface area contributed by atoms with Gasteiger partial charge in [0.1, 0.15) is 12.7 Å². The van der Waals surface area contributed by atoms with Gasteiger partial charge in [-0.2, -0.15) is 23.4 Å². The molecule has 2 heterocycles. The Morgan fingerprint density at radius 3 is 2.45 bits per heavy atom. The molecular formula is C20H21F5N6O2. The van der Waals surface area contributed by atoms with E-state index in [0.717, 1.165) is 22.6 Å². The Morgan fingerprint density at radius 1 is 1.21 bits per heavy atom. The second-order valence-corrected chi connectivity index (χ2v) is 7.44. The third-order valence-electron chi connectivity index (χ3n) is 5.00. The Morgan fingerprint density at radius 2 is 1.88 bits per heavy atom. The molecule has 1 aliphatic carbocycles. The number of aryl methyl sites for hydroxylation is 1. The summed E-state index contributed by atoms with van der Waals surface area (Å²) < 4.78 is 62.7. The number of aliphatic carboxylic acids is 1. The highest BCUT2D eigenvalue weighted by atomic mass is 19.4. The Bertz CT molecular complexity index is 1080. The molecule has 0 spiro atoms. The van der Waals surface area contributed by atoms with Gasteiger partial charge in [0.25, 0.3) is 5.92 Å². The quantitative estimate of drug-likeness (QED) is 0.554. The van der Waals surface area contributed by atoms with E-state index in [0.29, 0.717) is 25.1 Å². The summed E-state index contributed by atoms with van der Waals surface area (Å²) in [4.78, 5) is 12.8. The van der Waals surface area contributed by atoms with Crippen molar-refractivity contribution in [3.8, 4) is 5.69 Å². The number of nitrogens with one attached hydrogen (secondary N) is 1. The van der Waals surface area contributed by atoms with Crippen LogP contribution in [0.2, 0.25) is 0 Å². The van der Waals surface area contributed by atoms with Gasteiger partial charge in [0.15, 0.2) is 0 Å². The summed E-state index contributed by atoms with van der Waals surface area (Å²) in [5, 5.41) is 19.0. The third kappa shape index (κ3) is 6.34. The van der Waals surface area contributed by atoms with Crippen LogP contribution in [0.1, 0.15) is 28.9 Å². The summed E-state index contributed by atoms with van der Waals surface area (Å²) in [6.07, 6.45) is -1.86. The van der Waals surface area contributed by atoms with Crippen LogP contribution in [0.5, 0.6) is 0 Å². The molecular weight excluding hydrogens is 451 g/mol. The Hall–Kier alpha value is -3.35. The highest BCUT2D eigenvalue weighted by Gasteiger charge is 2.38. The number of carboxylic acid groups (broad SMARTS) is 1. The summed E-state index contributed by atoms with van der Waals surface area (Å²) in [7, 11) is 1.83. The maximum atomic E-state index is 13.7. The van der Waals surface area contributed by atoms with E-state index in [9.17, 15) is 22.0 Å². The van der Waals surface area contributed by atoms with E-state index in [1.54, 1.807) is 15.7 Å². The number of benzene rings is 1. The molecule has 33 heavy (non-hydrogen) atoms. The predicted octanol–water partition coefficient (Wildman–Crippen LogP) is 3.05. The van der Waals surface area contributed by atoms with E-state index >= 15 is 0 Å². The van der Waals surface area contributed by atoms with Crippen molar-refractivity contribution in [2.24, 2.45) is 7.05 Å². The number of hydrogen-bond donors (Lipinski definition) is 2. The zero-order valence-electron chi connectivity index (χ0n) is 17.5. The molecule has 4 rings (SSSR count). The summed E-state index contributed by atoms with van der Waals surface area (Å²) in [6.45, 7) is 1.11. The number of rotatable bonds is 5. The fraction of sp³-hybridized carbons (Fsp3) is 0.400. The number of aromatic nitrogens is 5. The van der Waals surface area contributed by atoms with Crippen LogP contribution < -0.4 is 5.32 Å². The van der Waals surface area contributed by atoms with E-state index in [-0.39, 0.29) is 12.8 Å². The Labute approximate surface area is 185 Å². The summed E-state index contributed by atoms with van der Waals surface area (Å²) in [6, 6.07) is 7.95. The minimum Gasteiger partial charge on any atom is -0.475 e. The largest absolute Gasteiger partial charge is 0.490 e. The van der Waals surface area contributed by atoms with Crippen LogP contribution in [-0.2, 0) is 37.8 Å². The normalized spacial score (nSPS) is 14.8. The van der Waals surface area contributed by atoms with E-state index in [1.807, 2.05) is 31.3 Å². The van der Waals surface area contributed by atoms with Gasteiger partial charge in [-0.05, 0) is 24.1 Å². The van der Waals surface area contributed by atoms with Crippen LogP contribution in [0, 0.1) is 0 Å². The standard InChI is InChI=1S/C18H20F2N6.C2HF3O2/c1-25-17-6-7-18(19,20)8-15(17)16(24-25)10-21-9-13-2-4-14(5-3-13)26-12-22-11-23-26;3-2(4,5)1(6)7/h2-5,11-12,21H,6-10H2,1H3;(H,6,7). The smallest absolute Gasteiger partial charge is 0.475 e. The lowest BCUT2D eigenvalue weighted by atomic mass is 9.92. The van der Waals surface area contributed by atoms with E-state index < -0.39 is 18.1 Å². The fourth-order valence-corrected chi connectivity index (χ4v) is 3.40. The number of fused-ring (bicyclic) bond motifs is 1. The SMILES string of the molecule is Cn1nc(CNCc2ccc(-n3cncn3)cc2)c2c1CCC(F)(F)C2.O=C(O)C(F)(F)F. The number of carboxylic acids is 1. The Kier molecular flexibility index (Phi) is 7.10. The van der Waals surface area contributed by atoms with Gasteiger partial charge in [-0.3, -0.25) is 4.68 Å². The average molecular weight is 472 g/mol. The number of hydrogen-bond acceptors (Lipinski definition) is 5. The minimum absolute atomic E-state index is 0.0927. The van der Waals surface area contributed by atoms with Crippen LogP contribution in [0.25, 0.3) is 5.69 Å². The first-order valence-electron chi connectivity index (χ1n) is 9.82. The van der Waals surface area contributed by atoms with Crippen LogP contribution in [0.3, 0.4) is 0 Å². The summed E-state index contributed by atoms with van der Waals surface area (Å²) in [5.41, 5.74) is 4.40. The van der Waals surface area contributed by atoms with Crippen LogP contribution in [-0.4, -0.2) is 47.7 Å². The van der Waals surface area contributed by atoms with Crippen LogP contribution in [0.15, 0.2) is 36.9 Å². The summed E-state index contributed by atoms with van der Waals surface area (Å²) in [5.74, 6) is -5.38. The van der Waals surface area contributed by atoms with Gasteiger partial charge in [0.05, 0.1) is 11.4 Å². The molecule has 2 N–H and O–H groups in total. The van der Waals surface area contributed by atoms with E-state index in [1.165, 1.54) is 6.33 Å². The van der Waals surface area contributed by atoms with Gasteiger partial charge >= 0.3 is 12.1 Å². The van der Waals surface area contributed by atoms with Crippen molar-refractivity contribution in [3.63, 3.8) is 0 Å². The van der Waals surface area contributed by atoms with E-state index in [2.05, 4.69) is 20.5 Å². The van der Waals surface area contributed by atoms with Crippen molar-refractivity contribution in [2.45, 2.75) is 44.5 Å². The molecule has 178 valence electrons. The minimum atomic E-state index is -5.08. The molecule has 0 fully saturated rings. The molecule has 13 heteroatoms. The first-order chi connectivity index (χ1) is 15.5. The Balaban J connectivity index is 0.000000383. The van der Waals surface area contributed by atoms with Crippen molar-refractivity contribution in [1.29, 1.82) is 0 Å². The number of alkyl halides is 5. The lowest BCUT2D eigenvalue weighted by Gasteiger charge is -2.22. The number of nitrogens with zero attached hydrogens (tertiary/aromatic N) is 5. The van der Waals surface area contributed by atoms with Gasteiger partial charge in [-0.25, -0.2) is 23.2 Å². The highest BCUT2D eigenvalue weighted by molar-refractivity contribution is 5.73. The fourth-order valence-electron chi connectivity index (χ4n) is 3.40. The van der Waals surface area contributed by atoms with Gasteiger partial charge in [0, 0.05) is 44.2 Å². The summed E-state index contributed by atoms with van der Waals surface area (Å²) >= 11 is 0. The van der Waals surface area contributed by atoms with Gasteiger partial charge in [-0.1, -0.05) is 12.1 Å². The van der Waals surface area contributed by atoms with Crippen molar-refractivity contribution in [2.75, 3.05) is 0 Å². The van der Waals surface area contributed by atoms with Crippen molar-refractivity contribution >= 4 is 5.97 Å². The molecule has 0 bridgehead atoms. The molecule has 8 nitrogen and oxygen atoms in total. The third-order valence-corrected chi connectivity index (χ3v) is 5.00. The first kappa shape index (κ1) is 24.3. The van der Waals surface area contributed by atoms with Gasteiger partial charge in [-0.15, -0.1) is 0 Å². The van der Waals surface area contributed by atoms with Gasteiger partial charge in [0.2, 0.25) is 0 Å². The lowest BCUT2D eigenvalue weighted by Crippen LogP contribution is -2.27. The number of halogens is 5. The van der Waals surface area contributed by atoms with E-state index in [4.69, 9.17) is 9.90 Å². The molecule has 0 atom stereocenters. The van der Waals surface area contributed by atoms with Crippen molar-refractivity contribution < 1.29 is 31.9 Å². The molecule has 0 amide bonds. The predicted molar refractivity (Wildman–Crippen MR) is 106 cm³/mol. The zero-order chi connectivity index (χ0) is 24.2. The molecule has 1 aliphatic rings. The molecule has 2 aromatic heterocycles. The zero-order valence-corrected chi connectivity index (χ0v) is 17.5. The second-order valence-electron chi connectivity index (χ2n) is 7.44. The van der Waals surface area contributed by atoms with Crippen molar-refractivity contribution in [1.82, 2.24) is 29.9 Å². The van der Waals surface area contributed by atoms with Gasteiger partial charge < -0.3 is 10.4 Å². The van der Waals surface area contributed by atoms with Crippen molar-refractivity contribution in [3.05, 3.63) is 59.4 Å². The molecule has 3 aromatic rings. The molecule has 0 radical (unpaired) electrons. The lowest BCUT2D eigenvalue weighted by molar-refractivity contribution is -0.192. The van der Waals surface area contributed by atoms with Crippen LogP contribution in [0.4, 0.5) is 22.0 Å². The number of carbonyl (C=O) groups is 1. The molecule has 0 saturated carbocycles. The highest BCUT2D eigenvalue weighted by Crippen LogP contribution is 2.34. The first-order valence-corrected chi connectivity index (χ1v) is 9.82.